The van der Waals surface area contributed by atoms with Crippen LogP contribution >= 0.6 is 11.6 Å². The molecule has 3 rings (SSSR count). The maximum Gasteiger partial charge on any atom is 0.404 e. The number of benzene rings is 1. The summed E-state index contributed by atoms with van der Waals surface area (Å²) in [4.78, 5) is 12.8. The minimum Gasteiger partial charge on any atom is -0.465 e. The Morgan fingerprint density at radius 3 is 2.71 bits per heavy atom. The number of nitrogens with one attached hydrogen (secondary N) is 1. The number of hydrogen-bond acceptors (Lipinski definition) is 4. The van der Waals surface area contributed by atoms with Crippen molar-refractivity contribution in [3.8, 4) is 11.3 Å². The number of amides is 1. The zero-order valence-corrected chi connectivity index (χ0v) is 14.0. The van der Waals surface area contributed by atoms with Gasteiger partial charge in [-0.15, -0.1) is 0 Å². The van der Waals surface area contributed by atoms with E-state index in [0.29, 0.717) is 17.5 Å². The van der Waals surface area contributed by atoms with E-state index in [2.05, 4.69) is 15.4 Å². The summed E-state index contributed by atoms with van der Waals surface area (Å²) < 4.78 is 5.44. The standard InChI is InChI=1S/C17H20ClN3O3/c18-14-3-1-13(2-4-14)16-9-15(24-20-16)11-21-7-5-12(6-8-21)10-19-17(22)23/h1-4,9,12,19H,5-8,10-11H2,(H,22,23). The van der Waals surface area contributed by atoms with Crippen LogP contribution in [-0.2, 0) is 6.54 Å². The smallest absolute Gasteiger partial charge is 0.404 e. The molecule has 1 aliphatic heterocycles. The topological polar surface area (TPSA) is 78.6 Å². The van der Waals surface area contributed by atoms with Gasteiger partial charge in [0.25, 0.3) is 0 Å². The zero-order valence-electron chi connectivity index (χ0n) is 13.2. The van der Waals surface area contributed by atoms with E-state index in [4.69, 9.17) is 21.2 Å². The highest BCUT2D eigenvalue weighted by atomic mass is 35.5. The van der Waals surface area contributed by atoms with Crippen LogP contribution in [0.4, 0.5) is 4.79 Å². The molecule has 2 heterocycles. The molecule has 128 valence electrons. The lowest BCUT2D eigenvalue weighted by Gasteiger charge is -2.30. The number of rotatable bonds is 5. The minimum absolute atomic E-state index is 0.414. The molecule has 6 nitrogen and oxygen atoms in total. The molecule has 0 bridgehead atoms. The Morgan fingerprint density at radius 1 is 1.33 bits per heavy atom. The molecule has 1 aliphatic rings. The van der Waals surface area contributed by atoms with Crippen molar-refractivity contribution in [3.63, 3.8) is 0 Å². The van der Waals surface area contributed by atoms with Crippen molar-refractivity contribution in [2.75, 3.05) is 19.6 Å². The second-order valence-corrected chi connectivity index (χ2v) is 6.53. The number of halogens is 1. The first kappa shape index (κ1) is 16.8. The van der Waals surface area contributed by atoms with E-state index in [0.717, 1.165) is 49.5 Å². The van der Waals surface area contributed by atoms with Crippen LogP contribution in [0.1, 0.15) is 18.6 Å². The van der Waals surface area contributed by atoms with Crippen molar-refractivity contribution in [3.05, 3.63) is 41.1 Å². The summed E-state index contributed by atoms with van der Waals surface area (Å²) in [5.74, 6) is 1.25. The molecular weight excluding hydrogens is 330 g/mol. The molecule has 1 aromatic carbocycles. The highest BCUT2D eigenvalue weighted by Crippen LogP contribution is 2.23. The predicted octanol–water partition coefficient (Wildman–Crippen LogP) is 3.47. The maximum atomic E-state index is 10.5. The first-order valence-electron chi connectivity index (χ1n) is 8.01. The second kappa shape index (κ2) is 7.68. The zero-order chi connectivity index (χ0) is 16.9. The largest absolute Gasteiger partial charge is 0.465 e. The Bertz CT molecular complexity index is 679. The summed E-state index contributed by atoms with van der Waals surface area (Å²) in [5.41, 5.74) is 1.79. The van der Waals surface area contributed by atoms with E-state index >= 15 is 0 Å². The van der Waals surface area contributed by atoms with Gasteiger partial charge in [0.2, 0.25) is 0 Å². The van der Waals surface area contributed by atoms with Crippen LogP contribution in [0.15, 0.2) is 34.9 Å². The van der Waals surface area contributed by atoms with Crippen molar-refractivity contribution in [1.29, 1.82) is 0 Å². The molecule has 7 heteroatoms. The molecule has 0 saturated carbocycles. The van der Waals surface area contributed by atoms with E-state index in [-0.39, 0.29) is 0 Å². The van der Waals surface area contributed by atoms with Gasteiger partial charge in [-0.3, -0.25) is 4.90 Å². The van der Waals surface area contributed by atoms with Crippen LogP contribution in [0.3, 0.4) is 0 Å². The molecule has 2 N–H and O–H groups in total. The van der Waals surface area contributed by atoms with Gasteiger partial charge < -0.3 is 14.9 Å². The lowest BCUT2D eigenvalue weighted by Crippen LogP contribution is -2.37. The van der Waals surface area contributed by atoms with Gasteiger partial charge >= 0.3 is 6.09 Å². The Balaban J connectivity index is 1.51. The summed E-state index contributed by atoms with van der Waals surface area (Å²) in [6, 6.07) is 9.47. The van der Waals surface area contributed by atoms with Crippen molar-refractivity contribution in [2.45, 2.75) is 19.4 Å². The maximum absolute atomic E-state index is 10.5. The third-order valence-corrected chi connectivity index (χ3v) is 4.58. The fraction of sp³-hybridized carbons (Fsp3) is 0.412. The lowest BCUT2D eigenvalue weighted by atomic mass is 9.97. The number of carboxylic acid groups (broad SMARTS) is 1. The number of aromatic nitrogens is 1. The van der Waals surface area contributed by atoms with Gasteiger partial charge in [0, 0.05) is 23.2 Å². The van der Waals surface area contributed by atoms with Crippen LogP contribution in [0.2, 0.25) is 5.02 Å². The van der Waals surface area contributed by atoms with Crippen LogP contribution in [0, 0.1) is 5.92 Å². The molecule has 1 saturated heterocycles. The molecular formula is C17H20ClN3O3. The molecule has 1 aromatic heterocycles. The SMILES string of the molecule is O=C(O)NCC1CCN(Cc2cc(-c3ccc(Cl)cc3)no2)CC1. The molecule has 0 spiro atoms. The molecule has 0 unspecified atom stereocenters. The van der Waals surface area contributed by atoms with E-state index in [1.54, 1.807) is 0 Å². The summed E-state index contributed by atoms with van der Waals surface area (Å²) in [7, 11) is 0. The first-order valence-corrected chi connectivity index (χ1v) is 8.38. The van der Waals surface area contributed by atoms with E-state index in [1.807, 2.05) is 30.3 Å². The van der Waals surface area contributed by atoms with E-state index in [9.17, 15) is 4.79 Å². The number of piperidine rings is 1. The Morgan fingerprint density at radius 2 is 2.04 bits per heavy atom. The minimum atomic E-state index is -0.950. The van der Waals surface area contributed by atoms with Crippen LogP contribution < -0.4 is 5.32 Å². The molecule has 1 amide bonds. The summed E-state index contributed by atoms with van der Waals surface area (Å²) >= 11 is 5.90. The molecule has 0 aliphatic carbocycles. The van der Waals surface area contributed by atoms with E-state index < -0.39 is 6.09 Å². The fourth-order valence-electron chi connectivity index (χ4n) is 2.94. The normalized spacial score (nSPS) is 16.2. The highest BCUT2D eigenvalue weighted by Gasteiger charge is 2.21. The number of likely N-dealkylation sites (tertiary alicyclic amines) is 1. The molecule has 1 fully saturated rings. The molecule has 24 heavy (non-hydrogen) atoms. The molecule has 0 atom stereocenters. The van der Waals surface area contributed by atoms with Crippen LogP contribution in [-0.4, -0.2) is 40.9 Å². The van der Waals surface area contributed by atoms with E-state index in [1.165, 1.54) is 0 Å². The Hall–Kier alpha value is -2.05. The van der Waals surface area contributed by atoms with Gasteiger partial charge in [0.05, 0.1) is 6.54 Å². The van der Waals surface area contributed by atoms with Crippen molar-refractivity contribution in [1.82, 2.24) is 15.4 Å². The predicted molar refractivity (Wildman–Crippen MR) is 91.0 cm³/mol. The lowest BCUT2D eigenvalue weighted by molar-refractivity contribution is 0.155. The highest BCUT2D eigenvalue weighted by molar-refractivity contribution is 6.30. The third-order valence-electron chi connectivity index (χ3n) is 4.33. The fourth-order valence-corrected chi connectivity index (χ4v) is 3.07. The van der Waals surface area contributed by atoms with Gasteiger partial charge in [0.15, 0.2) is 5.76 Å². The van der Waals surface area contributed by atoms with Gasteiger partial charge in [-0.2, -0.15) is 0 Å². The number of hydrogen-bond donors (Lipinski definition) is 2. The van der Waals surface area contributed by atoms with Gasteiger partial charge in [0.1, 0.15) is 5.69 Å². The van der Waals surface area contributed by atoms with Gasteiger partial charge in [-0.05, 0) is 44.0 Å². The number of nitrogens with zero attached hydrogens (tertiary/aromatic N) is 2. The average molecular weight is 350 g/mol. The Kier molecular flexibility index (Phi) is 5.37. The summed E-state index contributed by atoms with van der Waals surface area (Å²) in [5, 5.41) is 15.9. The Labute approximate surface area is 145 Å². The monoisotopic (exact) mass is 349 g/mol. The average Bonchev–Trinajstić information content (AvgIpc) is 3.03. The van der Waals surface area contributed by atoms with Crippen LogP contribution in [0.25, 0.3) is 11.3 Å². The first-order chi connectivity index (χ1) is 11.6. The van der Waals surface area contributed by atoms with Crippen LogP contribution in [0.5, 0.6) is 0 Å². The van der Waals surface area contributed by atoms with Gasteiger partial charge in [-0.25, -0.2) is 4.79 Å². The summed E-state index contributed by atoms with van der Waals surface area (Å²) in [6.07, 6.45) is 1.02. The van der Waals surface area contributed by atoms with Gasteiger partial charge in [-0.1, -0.05) is 28.9 Å². The quantitative estimate of drug-likeness (QED) is 0.864. The van der Waals surface area contributed by atoms with Crippen molar-refractivity contribution in [2.24, 2.45) is 5.92 Å². The molecule has 2 aromatic rings. The van der Waals surface area contributed by atoms with Crippen molar-refractivity contribution >= 4 is 17.7 Å². The van der Waals surface area contributed by atoms with Crippen molar-refractivity contribution < 1.29 is 14.4 Å². The number of carbonyl (C=O) groups is 1. The molecule has 0 radical (unpaired) electrons. The summed E-state index contributed by atoms with van der Waals surface area (Å²) in [6.45, 7) is 3.12. The third kappa shape index (κ3) is 4.49. The second-order valence-electron chi connectivity index (χ2n) is 6.09.